The van der Waals surface area contributed by atoms with Crippen molar-refractivity contribution in [3.05, 3.63) is 102 Å². The Hall–Kier alpha value is -4.90. The Morgan fingerprint density at radius 3 is 2.50 bits per heavy atom. The Morgan fingerprint density at radius 2 is 1.83 bits per heavy atom. The average molecular weight is 589 g/mol. The number of rotatable bonds is 8. The molecule has 0 spiro atoms. The fourth-order valence-corrected chi connectivity index (χ4v) is 5.93. The van der Waals surface area contributed by atoms with Crippen LogP contribution in [0.4, 0.5) is 0 Å². The molecule has 216 valence electrons. The van der Waals surface area contributed by atoms with Gasteiger partial charge in [0.15, 0.2) is 16.3 Å². The largest absolute Gasteiger partial charge is 0.493 e. The molecular formula is C31H28N2O8S. The summed E-state index contributed by atoms with van der Waals surface area (Å²) in [5, 5.41) is 9.26. The van der Waals surface area contributed by atoms with Crippen molar-refractivity contribution in [1.29, 1.82) is 0 Å². The summed E-state index contributed by atoms with van der Waals surface area (Å²) in [7, 11) is 3.04. The maximum absolute atomic E-state index is 13.9. The maximum atomic E-state index is 13.9. The van der Waals surface area contributed by atoms with E-state index in [2.05, 4.69) is 4.99 Å². The number of aromatic nitrogens is 1. The van der Waals surface area contributed by atoms with E-state index in [0.29, 0.717) is 43.6 Å². The number of methoxy groups -OCH3 is 2. The van der Waals surface area contributed by atoms with Gasteiger partial charge in [-0.15, -0.1) is 0 Å². The molecule has 11 heteroatoms. The van der Waals surface area contributed by atoms with Gasteiger partial charge in [-0.05, 0) is 68.3 Å². The van der Waals surface area contributed by atoms with Crippen molar-refractivity contribution in [2.75, 3.05) is 20.8 Å². The number of aromatic carboxylic acids is 1. The fourth-order valence-electron chi connectivity index (χ4n) is 4.91. The van der Waals surface area contributed by atoms with Crippen LogP contribution in [0.2, 0.25) is 0 Å². The summed E-state index contributed by atoms with van der Waals surface area (Å²) in [5.41, 5.74) is 2.64. The number of aryl methyl sites for hydroxylation is 1. The number of allylic oxidation sites excluding steroid dienone is 1. The molecule has 0 fully saturated rings. The van der Waals surface area contributed by atoms with Gasteiger partial charge in [0.1, 0.15) is 11.5 Å². The van der Waals surface area contributed by atoms with Crippen LogP contribution < -0.4 is 24.4 Å². The van der Waals surface area contributed by atoms with Crippen molar-refractivity contribution in [2.24, 2.45) is 4.99 Å². The van der Waals surface area contributed by atoms with E-state index in [4.69, 9.17) is 18.6 Å². The normalized spacial score (nSPS) is 14.8. The molecule has 0 saturated heterocycles. The van der Waals surface area contributed by atoms with E-state index in [9.17, 15) is 19.5 Å². The first-order chi connectivity index (χ1) is 20.2. The van der Waals surface area contributed by atoms with E-state index < -0.39 is 18.0 Å². The predicted octanol–water partition coefficient (Wildman–Crippen LogP) is 4.08. The third-order valence-electron chi connectivity index (χ3n) is 6.88. The van der Waals surface area contributed by atoms with E-state index in [-0.39, 0.29) is 23.3 Å². The number of carboxylic acid groups (broad SMARTS) is 1. The summed E-state index contributed by atoms with van der Waals surface area (Å²) in [6, 6.07) is 12.7. The van der Waals surface area contributed by atoms with Gasteiger partial charge in [0, 0.05) is 11.6 Å². The summed E-state index contributed by atoms with van der Waals surface area (Å²) >= 11 is 1.18. The molecule has 0 radical (unpaired) electrons. The van der Waals surface area contributed by atoms with Gasteiger partial charge >= 0.3 is 11.9 Å². The number of fused-ring (bicyclic) bond motifs is 1. The zero-order valence-corrected chi connectivity index (χ0v) is 24.4. The molecule has 0 saturated carbocycles. The molecule has 1 unspecified atom stereocenters. The molecule has 2 aromatic carbocycles. The van der Waals surface area contributed by atoms with E-state index in [1.165, 1.54) is 36.2 Å². The Bertz CT molecular complexity index is 1930. The van der Waals surface area contributed by atoms with E-state index in [0.717, 1.165) is 11.1 Å². The Morgan fingerprint density at radius 1 is 1.07 bits per heavy atom. The summed E-state index contributed by atoms with van der Waals surface area (Å²) in [5.74, 6) is 0.354. The van der Waals surface area contributed by atoms with Crippen molar-refractivity contribution in [3.8, 4) is 22.8 Å². The van der Waals surface area contributed by atoms with Gasteiger partial charge in [-0.25, -0.2) is 14.6 Å². The standard InChI is InChI=1S/C31H28N2O8S/c1-6-40-30(37)26-17(3)32-31-33(27(26)18-8-11-23(38-4)24(14-18)39-5)28(34)25(42-31)15-20-9-12-22(41-20)21-10-7-19(29(35)36)13-16(21)2/h7-15,27H,6H2,1-5H3,(H,35,36). The number of nitrogens with zero attached hydrogens (tertiary/aromatic N) is 2. The predicted molar refractivity (Wildman–Crippen MR) is 156 cm³/mol. The van der Waals surface area contributed by atoms with Crippen LogP contribution in [0.3, 0.4) is 0 Å². The molecule has 0 amide bonds. The lowest BCUT2D eigenvalue weighted by atomic mass is 9.95. The zero-order chi connectivity index (χ0) is 30.1. The Balaban J connectivity index is 1.63. The number of carboxylic acids is 1. The smallest absolute Gasteiger partial charge is 0.338 e. The highest BCUT2D eigenvalue weighted by Gasteiger charge is 2.34. The highest BCUT2D eigenvalue weighted by Crippen LogP contribution is 2.36. The van der Waals surface area contributed by atoms with Gasteiger partial charge in [-0.3, -0.25) is 9.36 Å². The SMILES string of the molecule is CCOC(=O)C1=C(C)N=c2sc(=Cc3ccc(-c4ccc(C(=O)O)cc4C)o3)c(=O)n2C1c1ccc(OC)c(OC)c1. The first-order valence-corrected chi connectivity index (χ1v) is 13.8. The van der Waals surface area contributed by atoms with Crippen LogP contribution in [0, 0.1) is 6.92 Å². The van der Waals surface area contributed by atoms with Crippen molar-refractivity contribution >= 4 is 29.4 Å². The number of esters is 1. The van der Waals surface area contributed by atoms with E-state index in [1.54, 1.807) is 69.3 Å². The fraction of sp³-hybridized carbons (Fsp3) is 0.226. The number of carbonyl (C=O) groups is 2. The van der Waals surface area contributed by atoms with Crippen molar-refractivity contribution in [1.82, 2.24) is 4.57 Å². The maximum Gasteiger partial charge on any atom is 0.338 e. The second-order valence-corrected chi connectivity index (χ2v) is 10.5. The van der Waals surface area contributed by atoms with Gasteiger partial charge < -0.3 is 23.7 Å². The van der Waals surface area contributed by atoms with Crippen molar-refractivity contribution < 1.29 is 33.3 Å². The third kappa shape index (κ3) is 5.14. The quantitative estimate of drug-likeness (QED) is 0.305. The molecule has 1 aliphatic rings. The van der Waals surface area contributed by atoms with E-state index >= 15 is 0 Å². The molecule has 2 aromatic heterocycles. The van der Waals surface area contributed by atoms with Crippen LogP contribution in [0.15, 0.2) is 74.0 Å². The summed E-state index contributed by atoms with van der Waals surface area (Å²) in [6.07, 6.45) is 1.63. The lowest BCUT2D eigenvalue weighted by Gasteiger charge is -2.25. The minimum atomic E-state index is -1.01. The van der Waals surface area contributed by atoms with Gasteiger partial charge in [0.25, 0.3) is 5.56 Å². The summed E-state index contributed by atoms with van der Waals surface area (Å²) in [6.45, 7) is 5.40. The molecule has 42 heavy (non-hydrogen) atoms. The molecule has 10 nitrogen and oxygen atoms in total. The van der Waals surface area contributed by atoms with Gasteiger partial charge in [-0.2, -0.15) is 0 Å². The number of ether oxygens (including phenoxy) is 3. The highest BCUT2D eigenvalue weighted by atomic mass is 32.1. The average Bonchev–Trinajstić information content (AvgIpc) is 3.55. The van der Waals surface area contributed by atoms with Gasteiger partial charge in [-0.1, -0.05) is 23.5 Å². The third-order valence-corrected chi connectivity index (χ3v) is 7.86. The van der Waals surface area contributed by atoms with Crippen LogP contribution in [0.1, 0.15) is 47.1 Å². The van der Waals surface area contributed by atoms with Crippen LogP contribution in [-0.2, 0) is 9.53 Å². The van der Waals surface area contributed by atoms with E-state index in [1.807, 2.05) is 0 Å². The van der Waals surface area contributed by atoms with Crippen LogP contribution in [0.25, 0.3) is 17.4 Å². The molecule has 0 bridgehead atoms. The number of hydrogen-bond acceptors (Lipinski definition) is 9. The Labute approximate surface area is 244 Å². The number of hydrogen-bond donors (Lipinski definition) is 1. The monoisotopic (exact) mass is 588 g/mol. The second kappa shape index (κ2) is 11.5. The molecular weight excluding hydrogens is 560 g/mol. The van der Waals surface area contributed by atoms with Crippen LogP contribution in [-0.4, -0.2) is 42.4 Å². The second-order valence-electron chi connectivity index (χ2n) is 9.45. The first-order valence-electron chi connectivity index (χ1n) is 13.0. The van der Waals surface area contributed by atoms with Gasteiger partial charge in [0.05, 0.1) is 48.2 Å². The van der Waals surface area contributed by atoms with Gasteiger partial charge in [0.2, 0.25) is 0 Å². The molecule has 1 aliphatic heterocycles. The molecule has 3 heterocycles. The molecule has 0 aliphatic carbocycles. The number of furan rings is 1. The lowest BCUT2D eigenvalue weighted by molar-refractivity contribution is -0.139. The number of carbonyl (C=O) groups excluding carboxylic acids is 1. The number of benzene rings is 2. The Kier molecular flexibility index (Phi) is 7.86. The highest BCUT2D eigenvalue weighted by molar-refractivity contribution is 7.07. The summed E-state index contributed by atoms with van der Waals surface area (Å²) < 4.78 is 24.1. The zero-order valence-electron chi connectivity index (χ0n) is 23.6. The van der Waals surface area contributed by atoms with Crippen LogP contribution in [0.5, 0.6) is 11.5 Å². The molecule has 1 atom stereocenters. The minimum absolute atomic E-state index is 0.165. The molecule has 4 aromatic rings. The van der Waals surface area contributed by atoms with Crippen molar-refractivity contribution in [2.45, 2.75) is 26.8 Å². The van der Waals surface area contributed by atoms with Crippen molar-refractivity contribution in [3.63, 3.8) is 0 Å². The summed E-state index contributed by atoms with van der Waals surface area (Å²) in [4.78, 5) is 43.4. The first kappa shape index (κ1) is 28.6. The van der Waals surface area contributed by atoms with Crippen LogP contribution >= 0.6 is 11.3 Å². The molecule has 1 N–H and O–H groups in total. The molecule has 5 rings (SSSR count). The number of thiazole rings is 1. The minimum Gasteiger partial charge on any atom is -0.493 e. The lowest BCUT2D eigenvalue weighted by Crippen LogP contribution is -2.39. The topological polar surface area (TPSA) is 130 Å².